The number of phenolic OH excluding ortho intramolecular Hbond substituents is 1. The Morgan fingerprint density at radius 1 is 1.19 bits per heavy atom. The van der Waals surface area contributed by atoms with Crippen molar-refractivity contribution < 1.29 is 9.90 Å². The van der Waals surface area contributed by atoms with E-state index in [0.29, 0.717) is 10.7 Å². The minimum Gasteiger partial charge on any atom is -0.507 e. The number of unbranched alkanes of at least 4 members (excludes halogenated alkanes) is 1. The highest BCUT2D eigenvalue weighted by molar-refractivity contribution is 6.31. The fourth-order valence-electron chi connectivity index (χ4n) is 2.02. The first-order valence-corrected chi connectivity index (χ1v) is 7.36. The minimum atomic E-state index is -0.378. The molecule has 0 aromatic heterocycles. The van der Waals surface area contributed by atoms with Crippen molar-refractivity contribution in [2.24, 2.45) is 0 Å². The van der Waals surface area contributed by atoms with Gasteiger partial charge in [-0.2, -0.15) is 0 Å². The molecule has 0 atom stereocenters. The van der Waals surface area contributed by atoms with E-state index < -0.39 is 0 Å². The summed E-state index contributed by atoms with van der Waals surface area (Å²) in [5.41, 5.74) is 2.11. The van der Waals surface area contributed by atoms with Crippen LogP contribution < -0.4 is 5.32 Å². The van der Waals surface area contributed by atoms with E-state index in [1.165, 1.54) is 23.8 Å². The van der Waals surface area contributed by atoms with Crippen molar-refractivity contribution in [3.05, 3.63) is 58.6 Å². The molecule has 0 unspecified atom stereocenters. The van der Waals surface area contributed by atoms with E-state index in [4.69, 9.17) is 11.6 Å². The number of hydrogen-bond acceptors (Lipinski definition) is 2. The minimum absolute atomic E-state index is 0.0866. The van der Waals surface area contributed by atoms with Crippen molar-refractivity contribution >= 4 is 23.2 Å². The topological polar surface area (TPSA) is 49.3 Å². The Morgan fingerprint density at radius 2 is 1.90 bits per heavy atom. The van der Waals surface area contributed by atoms with Crippen molar-refractivity contribution in [3.8, 4) is 5.75 Å². The fourth-order valence-corrected chi connectivity index (χ4v) is 2.20. The van der Waals surface area contributed by atoms with Crippen molar-refractivity contribution in [2.75, 3.05) is 5.32 Å². The molecule has 2 N–H and O–H groups in total. The number of phenols is 1. The maximum Gasteiger partial charge on any atom is 0.259 e. The maximum atomic E-state index is 12.1. The van der Waals surface area contributed by atoms with Gasteiger partial charge in [-0.3, -0.25) is 4.79 Å². The quantitative estimate of drug-likeness (QED) is 0.845. The molecule has 4 heteroatoms. The highest BCUT2D eigenvalue weighted by Gasteiger charge is 2.11. The van der Waals surface area contributed by atoms with Crippen molar-refractivity contribution in [1.29, 1.82) is 0 Å². The maximum absolute atomic E-state index is 12.1. The number of amides is 1. The van der Waals surface area contributed by atoms with Crippen LogP contribution in [0.3, 0.4) is 0 Å². The number of carbonyl (C=O) groups excluding carboxylic acids is 1. The Kier molecular flexibility index (Phi) is 5.23. The lowest BCUT2D eigenvalue weighted by atomic mass is 10.1. The van der Waals surface area contributed by atoms with Crippen LogP contribution in [0.4, 0.5) is 5.69 Å². The van der Waals surface area contributed by atoms with Crippen LogP contribution in [0.2, 0.25) is 5.02 Å². The molecule has 2 aromatic rings. The standard InChI is InChI=1S/C17H18ClNO2/c1-2-3-4-12-5-8-14(9-6-12)19-17(21)15-11-13(18)7-10-16(15)20/h5-11,20H,2-4H2,1H3,(H,19,21). The summed E-state index contributed by atoms with van der Waals surface area (Å²) in [7, 11) is 0. The van der Waals surface area contributed by atoms with Crippen molar-refractivity contribution in [2.45, 2.75) is 26.2 Å². The lowest BCUT2D eigenvalue weighted by molar-refractivity contribution is 0.102. The Morgan fingerprint density at radius 3 is 2.57 bits per heavy atom. The molecule has 21 heavy (non-hydrogen) atoms. The first-order chi connectivity index (χ1) is 10.1. The smallest absolute Gasteiger partial charge is 0.259 e. The fraction of sp³-hybridized carbons (Fsp3) is 0.235. The summed E-state index contributed by atoms with van der Waals surface area (Å²) in [6, 6.07) is 12.1. The Labute approximate surface area is 129 Å². The molecule has 0 heterocycles. The van der Waals surface area contributed by atoms with Gasteiger partial charge in [-0.05, 0) is 48.7 Å². The van der Waals surface area contributed by atoms with Crippen molar-refractivity contribution in [1.82, 2.24) is 0 Å². The second kappa shape index (κ2) is 7.14. The molecular weight excluding hydrogens is 286 g/mol. The Balaban J connectivity index is 2.07. The molecular formula is C17H18ClNO2. The molecule has 0 aliphatic carbocycles. The van der Waals surface area contributed by atoms with Gasteiger partial charge in [0.15, 0.2) is 0 Å². The predicted octanol–water partition coefficient (Wildman–Crippen LogP) is 4.64. The molecule has 0 saturated heterocycles. The number of rotatable bonds is 5. The van der Waals surface area contributed by atoms with Gasteiger partial charge < -0.3 is 10.4 Å². The molecule has 0 fully saturated rings. The number of nitrogens with one attached hydrogen (secondary N) is 1. The van der Waals surface area contributed by atoms with Crippen LogP contribution in [0.15, 0.2) is 42.5 Å². The van der Waals surface area contributed by atoms with E-state index in [1.807, 2.05) is 24.3 Å². The Bertz CT molecular complexity index is 623. The predicted molar refractivity (Wildman–Crippen MR) is 86.1 cm³/mol. The summed E-state index contributed by atoms with van der Waals surface area (Å²) in [6.45, 7) is 2.16. The average molecular weight is 304 g/mol. The van der Waals surface area contributed by atoms with Crippen LogP contribution in [0.25, 0.3) is 0 Å². The van der Waals surface area contributed by atoms with E-state index >= 15 is 0 Å². The SMILES string of the molecule is CCCCc1ccc(NC(=O)c2cc(Cl)ccc2O)cc1. The van der Waals surface area contributed by atoms with E-state index in [2.05, 4.69) is 12.2 Å². The molecule has 3 nitrogen and oxygen atoms in total. The van der Waals surface area contributed by atoms with Crippen LogP contribution in [0.5, 0.6) is 5.75 Å². The summed E-state index contributed by atoms with van der Waals surface area (Å²) in [5, 5.41) is 12.9. The second-order valence-corrected chi connectivity index (χ2v) is 5.35. The van der Waals surface area contributed by atoms with Crippen molar-refractivity contribution in [3.63, 3.8) is 0 Å². The zero-order valence-electron chi connectivity index (χ0n) is 11.9. The van der Waals surface area contributed by atoms with Gasteiger partial charge in [0.1, 0.15) is 5.75 Å². The molecule has 1 amide bonds. The number of hydrogen-bond donors (Lipinski definition) is 2. The lowest BCUT2D eigenvalue weighted by Crippen LogP contribution is -2.12. The van der Waals surface area contributed by atoms with Gasteiger partial charge in [-0.15, -0.1) is 0 Å². The summed E-state index contributed by atoms with van der Waals surface area (Å²) >= 11 is 5.84. The average Bonchev–Trinajstić information content (AvgIpc) is 2.49. The summed E-state index contributed by atoms with van der Waals surface area (Å²) < 4.78 is 0. The third-order valence-electron chi connectivity index (χ3n) is 3.23. The monoisotopic (exact) mass is 303 g/mol. The third kappa shape index (κ3) is 4.23. The van der Waals surface area contributed by atoms with Crippen LogP contribution in [-0.2, 0) is 6.42 Å². The zero-order chi connectivity index (χ0) is 15.2. The number of aryl methyl sites for hydroxylation is 1. The van der Waals surface area contributed by atoms with Gasteiger partial charge >= 0.3 is 0 Å². The van der Waals surface area contributed by atoms with Crippen LogP contribution in [0.1, 0.15) is 35.7 Å². The molecule has 0 saturated carbocycles. The van der Waals surface area contributed by atoms with E-state index in [9.17, 15) is 9.90 Å². The second-order valence-electron chi connectivity index (χ2n) is 4.92. The largest absolute Gasteiger partial charge is 0.507 e. The number of benzene rings is 2. The number of carbonyl (C=O) groups is 1. The lowest BCUT2D eigenvalue weighted by Gasteiger charge is -2.08. The molecule has 0 spiro atoms. The van der Waals surface area contributed by atoms with Gasteiger partial charge in [0.05, 0.1) is 5.56 Å². The van der Waals surface area contributed by atoms with E-state index in [1.54, 1.807) is 0 Å². The molecule has 0 aliphatic heterocycles. The van der Waals surface area contributed by atoms with Gasteiger partial charge in [0, 0.05) is 10.7 Å². The molecule has 2 aromatic carbocycles. The molecule has 2 rings (SSSR count). The normalized spacial score (nSPS) is 10.4. The van der Waals surface area contributed by atoms with Crippen LogP contribution >= 0.6 is 11.6 Å². The van der Waals surface area contributed by atoms with Crippen LogP contribution in [0, 0.1) is 0 Å². The third-order valence-corrected chi connectivity index (χ3v) is 3.47. The van der Waals surface area contributed by atoms with Gasteiger partial charge in [-0.1, -0.05) is 37.1 Å². The zero-order valence-corrected chi connectivity index (χ0v) is 12.7. The van der Waals surface area contributed by atoms with Gasteiger partial charge in [-0.25, -0.2) is 0 Å². The number of anilines is 1. The first kappa shape index (κ1) is 15.4. The highest BCUT2D eigenvalue weighted by Crippen LogP contribution is 2.22. The number of aromatic hydroxyl groups is 1. The Hall–Kier alpha value is -2.00. The molecule has 0 bridgehead atoms. The summed E-state index contributed by atoms with van der Waals surface area (Å²) in [6.07, 6.45) is 3.36. The van der Waals surface area contributed by atoms with Crippen LogP contribution in [-0.4, -0.2) is 11.0 Å². The highest BCUT2D eigenvalue weighted by atomic mass is 35.5. The van der Waals surface area contributed by atoms with E-state index in [0.717, 1.165) is 19.3 Å². The van der Waals surface area contributed by atoms with Gasteiger partial charge in [0.25, 0.3) is 5.91 Å². The summed E-state index contributed by atoms with van der Waals surface area (Å²) in [4.78, 5) is 12.1. The number of halogens is 1. The molecule has 110 valence electrons. The summed E-state index contributed by atoms with van der Waals surface area (Å²) in [5.74, 6) is -0.465. The van der Waals surface area contributed by atoms with E-state index in [-0.39, 0.29) is 17.2 Å². The first-order valence-electron chi connectivity index (χ1n) is 6.99. The van der Waals surface area contributed by atoms with Gasteiger partial charge in [0.2, 0.25) is 0 Å². The molecule has 0 aliphatic rings. The molecule has 0 radical (unpaired) electrons.